The summed E-state index contributed by atoms with van der Waals surface area (Å²) in [6, 6.07) is 7.80. The minimum absolute atomic E-state index is 0.242. The molecule has 1 aromatic carbocycles. The van der Waals surface area contributed by atoms with Gasteiger partial charge in [-0.05, 0) is 44.0 Å². The zero-order valence-electron chi connectivity index (χ0n) is 13.1. The van der Waals surface area contributed by atoms with Crippen LogP contribution in [0.15, 0.2) is 36.9 Å². The lowest BCUT2D eigenvalue weighted by Crippen LogP contribution is -2.24. The maximum atomic E-state index is 12.0. The summed E-state index contributed by atoms with van der Waals surface area (Å²) in [5, 5.41) is 5.94. The fourth-order valence-electron chi connectivity index (χ4n) is 2.20. The Bertz CT molecular complexity index is 690. The highest BCUT2D eigenvalue weighted by Crippen LogP contribution is 2.18. The first-order chi connectivity index (χ1) is 10.5. The minimum Gasteiger partial charge on any atom is -0.347 e. The Hall–Kier alpha value is -2.69. The topological polar surface area (TPSA) is 66.9 Å². The predicted molar refractivity (Wildman–Crippen MR) is 88.5 cm³/mol. The lowest BCUT2D eigenvalue weighted by Gasteiger charge is -2.10. The molecule has 2 N–H and O–H groups in total. The lowest BCUT2D eigenvalue weighted by atomic mass is 10.1. The molecule has 0 unspecified atom stereocenters. The van der Waals surface area contributed by atoms with E-state index in [1.54, 1.807) is 19.1 Å². The first-order valence-electron chi connectivity index (χ1n) is 7.08. The van der Waals surface area contributed by atoms with Gasteiger partial charge >= 0.3 is 0 Å². The van der Waals surface area contributed by atoms with Crippen LogP contribution in [0, 0.1) is 20.8 Å². The van der Waals surface area contributed by atoms with Gasteiger partial charge in [0.25, 0.3) is 5.91 Å². The third kappa shape index (κ3) is 4.15. The van der Waals surface area contributed by atoms with Crippen molar-refractivity contribution in [1.82, 2.24) is 15.3 Å². The molecule has 0 saturated carbocycles. The van der Waals surface area contributed by atoms with Gasteiger partial charge in [0, 0.05) is 18.3 Å². The van der Waals surface area contributed by atoms with Gasteiger partial charge in [-0.25, -0.2) is 9.97 Å². The van der Waals surface area contributed by atoms with E-state index in [4.69, 9.17) is 0 Å². The second-order valence-corrected chi connectivity index (χ2v) is 5.19. The summed E-state index contributed by atoms with van der Waals surface area (Å²) in [4.78, 5) is 20.5. The Balaban J connectivity index is 2.25. The molecule has 1 amide bonds. The fourth-order valence-corrected chi connectivity index (χ4v) is 2.20. The smallest absolute Gasteiger partial charge is 0.270 e. The number of anilines is 2. The largest absolute Gasteiger partial charge is 0.347 e. The number of nitrogens with one attached hydrogen (secondary N) is 2. The lowest BCUT2D eigenvalue weighted by molar-refractivity contribution is 0.0952. The molecule has 0 atom stereocenters. The molecule has 2 aromatic rings. The van der Waals surface area contributed by atoms with E-state index in [0.29, 0.717) is 23.9 Å². The Morgan fingerprint density at radius 2 is 1.82 bits per heavy atom. The summed E-state index contributed by atoms with van der Waals surface area (Å²) in [7, 11) is 0. The number of benzene rings is 1. The third-order valence-electron chi connectivity index (χ3n) is 2.97. The van der Waals surface area contributed by atoms with Gasteiger partial charge in [0.05, 0.1) is 0 Å². The summed E-state index contributed by atoms with van der Waals surface area (Å²) >= 11 is 0. The average molecular weight is 296 g/mol. The van der Waals surface area contributed by atoms with E-state index in [9.17, 15) is 4.79 Å². The highest BCUT2D eigenvalue weighted by Gasteiger charge is 2.10. The second kappa shape index (κ2) is 6.85. The number of rotatable bonds is 5. The molecular formula is C17H20N4O. The van der Waals surface area contributed by atoms with Gasteiger partial charge in [0.2, 0.25) is 0 Å². The molecule has 2 rings (SSSR count). The van der Waals surface area contributed by atoms with Crippen molar-refractivity contribution >= 4 is 17.4 Å². The normalized spacial score (nSPS) is 10.1. The van der Waals surface area contributed by atoms with Gasteiger partial charge in [-0.1, -0.05) is 12.1 Å². The number of aryl methyl sites for hydroxylation is 3. The summed E-state index contributed by atoms with van der Waals surface area (Å²) < 4.78 is 0. The molecule has 0 radical (unpaired) electrons. The van der Waals surface area contributed by atoms with Crippen molar-refractivity contribution in [2.75, 3.05) is 11.9 Å². The quantitative estimate of drug-likeness (QED) is 0.832. The molecule has 0 bridgehead atoms. The van der Waals surface area contributed by atoms with Crippen LogP contribution >= 0.6 is 0 Å². The molecule has 0 aliphatic carbocycles. The molecule has 114 valence electrons. The monoisotopic (exact) mass is 296 g/mol. The van der Waals surface area contributed by atoms with Gasteiger partial charge in [-0.2, -0.15) is 0 Å². The van der Waals surface area contributed by atoms with Crippen molar-refractivity contribution in [1.29, 1.82) is 0 Å². The van der Waals surface area contributed by atoms with Crippen LogP contribution in [0.5, 0.6) is 0 Å². The molecular weight excluding hydrogens is 276 g/mol. The molecule has 0 spiro atoms. The van der Waals surface area contributed by atoms with Crippen molar-refractivity contribution < 1.29 is 4.79 Å². The summed E-state index contributed by atoms with van der Waals surface area (Å²) in [5.41, 5.74) is 3.60. The number of hydrogen-bond acceptors (Lipinski definition) is 4. The summed E-state index contributed by atoms with van der Waals surface area (Å²) in [6.07, 6.45) is 1.63. The van der Waals surface area contributed by atoms with Crippen molar-refractivity contribution in [2.24, 2.45) is 0 Å². The van der Waals surface area contributed by atoms with E-state index in [2.05, 4.69) is 33.2 Å². The first-order valence-corrected chi connectivity index (χ1v) is 7.08. The third-order valence-corrected chi connectivity index (χ3v) is 2.97. The Kier molecular flexibility index (Phi) is 4.88. The number of hydrogen-bond donors (Lipinski definition) is 2. The molecule has 1 aromatic heterocycles. The number of amides is 1. The van der Waals surface area contributed by atoms with Crippen molar-refractivity contribution in [3.63, 3.8) is 0 Å². The molecule has 0 aliphatic rings. The van der Waals surface area contributed by atoms with Crippen molar-refractivity contribution in [3.05, 3.63) is 59.6 Å². The van der Waals surface area contributed by atoms with Gasteiger partial charge < -0.3 is 10.6 Å². The molecule has 5 heteroatoms. The maximum Gasteiger partial charge on any atom is 0.270 e. The molecule has 1 heterocycles. The van der Waals surface area contributed by atoms with Crippen molar-refractivity contribution in [2.45, 2.75) is 20.8 Å². The van der Waals surface area contributed by atoms with Gasteiger partial charge in [0.15, 0.2) is 0 Å². The standard InChI is InChI=1S/C17H20N4O/c1-5-6-18-17(22)15-10-16(20-13(4)19-15)21-14-8-11(2)7-12(3)9-14/h5,7-10H,1,6H2,2-4H3,(H,18,22)(H,19,20,21). The number of aromatic nitrogens is 2. The first kappa shape index (κ1) is 15.7. The SMILES string of the molecule is C=CCNC(=O)c1cc(Nc2cc(C)cc(C)c2)nc(C)n1. The van der Waals surface area contributed by atoms with Gasteiger partial charge in [-0.3, -0.25) is 4.79 Å². The highest BCUT2D eigenvalue weighted by atomic mass is 16.1. The zero-order chi connectivity index (χ0) is 16.1. The van der Waals surface area contributed by atoms with Gasteiger partial charge in [0.1, 0.15) is 17.3 Å². The van der Waals surface area contributed by atoms with Crippen LogP contribution in [0.2, 0.25) is 0 Å². The average Bonchev–Trinajstić information content (AvgIpc) is 2.42. The fraction of sp³-hybridized carbons (Fsp3) is 0.235. The Morgan fingerprint density at radius 3 is 2.45 bits per heavy atom. The van der Waals surface area contributed by atoms with Crippen LogP contribution in [0.25, 0.3) is 0 Å². The van der Waals surface area contributed by atoms with E-state index in [1.165, 1.54) is 0 Å². The molecule has 22 heavy (non-hydrogen) atoms. The van der Waals surface area contributed by atoms with Gasteiger partial charge in [-0.15, -0.1) is 6.58 Å². The predicted octanol–water partition coefficient (Wildman–Crippen LogP) is 3.06. The highest BCUT2D eigenvalue weighted by molar-refractivity contribution is 5.93. The van der Waals surface area contributed by atoms with Crippen LogP contribution in [0.1, 0.15) is 27.4 Å². The van der Waals surface area contributed by atoms with E-state index in [1.807, 2.05) is 26.0 Å². The Labute approximate surface area is 130 Å². The zero-order valence-corrected chi connectivity index (χ0v) is 13.1. The Morgan fingerprint density at radius 1 is 1.14 bits per heavy atom. The number of nitrogens with zero attached hydrogens (tertiary/aromatic N) is 2. The minimum atomic E-state index is -0.242. The van der Waals surface area contributed by atoms with E-state index in [-0.39, 0.29) is 5.91 Å². The molecule has 0 aliphatic heterocycles. The maximum absolute atomic E-state index is 12.0. The second-order valence-electron chi connectivity index (χ2n) is 5.19. The molecule has 0 saturated heterocycles. The number of carbonyl (C=O) groups excluding carboxylic acids is 1. The van der Waals surface area contributed by atoms with E-state index in [0.717, 1.165) is 16.8 Å². The van der Waals surface area contributed by atoms with Crippen LogP contribution in [-0.2, 0) is 0 Å². The van der Waals surface area contributed by atoms with Crippen LogP contribution in [0.3, 0.4) is 0 Å². The van der Waals surface area contributed by atoms with Crippen LogP contribution in [0.4, 0.5) is 11.5 Å². The van der Waals surface area contributed by atoms with E-state index < -0.39 is 0 Å². The summed E-state index contributed by atoms with van der Waals surface area (Å²) in [6.45, 7) is 9.82. The number of carbonyl (C=O) groups is 1. The molecule has 0 fully saturated rings. The van der Waals surface area contributed by atoms with Crippen LogP contribution in [-0.4, -0.2) is 22.4 Å². The van der Waals surface area contributed by atoms with E-state index >= 15 is 0 Å². The van der Waals surface area contributed by atoms with Crippen molar-refractivity contribution in [3.8, 4) is 0 Å². The summed E-state index contributed by atoms with van der Waals surface area (Å²) in [5.74, 6) is 0.897. The molecule has 5 nitrogen and oxygen atoms in total. The van der Waals surface area contributed by atoms with Crippen LogP contribution < -0.4 is 10.6 Å².